The van der Waals surface area contributed by atoms with E-state index in [0.717, 1.165) is 53.9 Å². The van der Waals surface area contributed by atoms with Gasteiger partial charge in [0.25, 0.3) is 5.91 Å². The van der Waals surface area contributed by atoms with Gasteiger partial charge in [0.2, 0.25) is 0 Å². The number of amides is 1. The van der Waals surface area contributed by atoms with E-state index in [1.807, 2.05) is 24.4 Å². The highest BCUT2D eigenvalue weighted by atomic mass is 16.1. The number of H-pyrrole nitrogens is 1. The Morgan fingerprint density at radius 3 is 2.83 bits per heavy atom. The fourth-order valence-corrected chi connectivity index (χ4v) is 3.28. The largest absolute Gasteiger partial charge is 0.364 e. The second-order valence-corrected chi connectivity index (χ2v) is 6.11. The predicted molar refractivity (Wildman–Crippen MR) is 93.9 cm³/mol. The number of primary amides is 1. The van der Waals surface area contributed by atoms with Gasteiger partial charge in [-0.05, 0) is 49.1 Å². The Balaban J connectivity index is 1.85. The second-order valence-electron chi connectivity index (χ2n) is 6.11. The van der Waals surface area contributed by atoms with Crippen LogP contribution in [0.3, 0.4) is 0 Å². The zero-order chi connectivity index (χ0) is 16.5. The summed E-state index contributed by atoms with van der Waals surface area (Å²) < 4.78 is 0. The van der Waals surface area contributed by atoms with E-state index in [2.05, 4.69) is 19.9 Å². The first-order valence-electron chi connectivity index (χ1n) is 8.22. The molecule has 3 aromatic heterocycles. The van der Waals surface area contributed by atoms with Gasteiger partial charge in [0.05, 0.1) is 0 Å². The molecule has 0 radical (unpaired) electrons. The third-order valence-corrected chi connectivity index (χ3v) is 4.51. The SMILES string of the molecule is NC(=O)c1cc(-c2c[nH]c3ncccc23)cc(N2CCCCC2)n1. The van der Waals surface area contributed by atoms with E-state index in [1.165, 1.54) is 6.42 Å². The molecule has 4 heterocycles. The fourth-order valence-electron chi connectivity index (χ4n) is 3.28. The fraction of sp³-hybridized carbons (Fsp3) is 0.278. The quantitative estimate of drug-likeness (QED) is 0.776. The number of aromatic nitrogens is 3. The van der Waals surface area contributed by atoms with Gasteiger partial charge in [-0.1, -0.05) is 0 Å². The summed E-state index contributed by atoms with van der Waals surface area (Å²) in [4.78, 5) is 25.9. The number of nitrogens with one attached hydrogen (secondary N) is 1. The van der Waals surface area contributed by atoms with Crippen LogP contribution in [-0.4, -0.2) is 33.9 Å². The minimum Gasteiger partial charge on any atom is -0.364 e. The molecule has 0 bridgehead atoms. The summed E-state index contributed by atoms with van der Waals surface area (Å²) in [5, 5.41) is 1.02. The maximum atomic E-state index is 11.7. The van der Waals surface area contributed by atoms with Crippen LogP contribution in [0.5, 0.6) is 0 Å². The molecule has 3 N–H and O–H groups in total. The number of carbonyl (C=O) groups excluding carboxylic acids is 1. The molecule has 1 aliphatic rings. The van der Waals surface area contributed by atoms with Crippen LogP contribution in [0.2, 0.25) is 0 Å². The van der Waals surface area contributed by atoms with Gasteiger partial charge in [0, 0.05) is 36.4 Å². The van der Waals surface area contributed by atoms with Gasteiger partial charge in [-0.25, -0.2) is 9.97 Å². The van der Waals surface area contributed by atoms with Crippen molar-refractivity contribution in [3.8, 4) is 11.1 Å². The molecule has 0 unspecified atom stereocenters. The van der Waals surface area contributed by atoms with E-state index in [4.69, 9.17) is 5.73 Å². The molecule has 0 atom stereocenters. The number of hydrogen-bond donors (Lipinski definition) is 2. The van der Waals surface area contributed by atoms with Crippen molar-refractivity contribution in [1.82, 2.24) is 15.0 Å². The molecule has 1 aliphatic heterocycles. The summed E-state index contributed by atoms with van der Waals surface area (Å²) in [6.07, 6.45) is 7.21. The normalized spacial score (nSPS) is 14.9. The zero-order valence-electron chi connectivity index (χ0n) is 13.3. The van der Waals surface area contributed by atoms with Crippen LogP contribution in [0.25, 0.3) is 22.2 Å². The molecule has 3 aromatic rings. The molecule has 0 saturated carbocycles. The maximum Gasteiger partial charge on any atom is 0.267 e. The van der Waals surface area contributed by atoms with Crippen LogP contribution < -0.4 is 10.6 Å². The van der Waals surface area contributed by atoms with E-state index in [9.17, 15) is 4.79 Å². The minimum atomic E-state index is -0.506. The van der Waals surface area contributed by atoms with E-state index >= 15 is 0 Å². The molecule has 24 heavy (non-hydrogen) atoms. The van der Waals surface area contributed by atoms with E-state index in [0.29, 0.717) is 5.69 Å². The molecule has 122 valence electrons. The Morgan fingerprint density at radius 1 is 1.21 bits per heavy atom. The first-order chi connectivity index (χ1) is 11.7. The van der Waals surface area contributed by atoms with Gasteiger partial charge in [0.1, 0.15) is 17.2 Å². The zero-order valence-corrected chi connectivity index (χ0v) is 13.3. The number of piperidine rings is 1. The number of aromatic amines is 1. The summed E-state index contributed by atoms with van der Waals surface area (Å²) in [5.41, 5.74) is 8.56. The van der Waals surface area contributed by atoms with Gasteiger partial charge in [-0.3, -0.25) is 4.79 Å². The van der Waals surface area contributed by atoms with E-state index < -0.39 is 5.91 Å². The molecule has 0 aliphatic carbocycles. The second kappa shape index (κ2) is 5.96. The number of fused-ring (bicyclic) bond motifs is 1. The molecule has 0 aromatic carbocycles. The molecule has 6 heteroatoms. The third kappa shape index (κ3) is 2.60. The molecular formula is C18H19N5O. The third-order valence-electron chi connectivity index (χ3n) is 4.51. The van der Waals surface area contributed by atoms with Crippen molar-refractivity contribution in [3.05, 3.63) is 42.4 Å². The number of hydrogen-bond acceptors (Lipinski definition) is 4. The summed E-state index contributed by atoms with van der Waals surface area (Å²) in [6, 6.07) is 7.71. The molecule has 1 amide bonds. The summed E-state index contributed by atoms with van der Waals surface area (Å²) in [5.74, 6) is 0.312. The lowest BCUT2D eigenvalue weighted by Gasteiger charge is -2.28. The highest BCUT2D eigenvalue weighted by molar-refractivity contribution is 5.97. The van der Waals surface area contributed by atoms with Crippen molar-refractivity contribution in [3.63, 3.8) is 0 Å². The lowest BCUT2D eigenvalue weighted by Crippen LogP contribution is -2.30. The van der Waals surface area contributed by atoms with Gasteiger partial charge in [0.15, 0.2) is 0 Å². The predicted octanol–water partition coefficient (Wildman–Crippen LogP) is 2.71. The van der Waals surface area contributed by atoms with Gasteiger partial charge < -0.3 is 15.6 Å². The summed E-state index contributed by atoms with van der Waals surface area (Å²) in [7, 11) is 0. The van der Waals surface area contributed by atoms with Crippen molar-refractivity contribution in [1.29, 1.82) is 0 Å². The van der Waals surface area contributed by atoms with Crippen LogP contribution in [0.1, 0.15) is 29.8 Å². The monoisotopic (exact) mass is 321 g/mol. The smallest absolute Gasteiger partial charge is 0.267 e. The Kier molecular flexibility index (Phi) is 3.65. The first kappa shape index (κ1) is 14.7. The Bertz CT molecular complexity index is 895. The van der Waals surface area contributed by atoms with Gasteiger partial charge in [-0.2, -0.15) is 0 Å². The van der Waals surface area contributed by atoms with Crippen LogP contribution >= 0.6 is 0 Å². The maximum absolute atomic E-state index is 11.7. The van der Waals surface area contributed by atoms with E-state index in [-0.39, 0.29) is 0 Å². The standard InChI is InChI=1S/C18H19N5O/c19-17(24)15-9-12(10-16(22-15)23-7-2-1-3-8-23)14-11-21-18-13(14)5-4-6-20-18/h4-6,9-11H,1-3,7-8H2,(H2,19,24)(H,20,21). The topological polar surface area (TPSA) is 87.9 Å². The Morgan fingerprint density at radius 2 is 2.04 bits per heavy atom. The molecule has 1 saturated heterocycles. The Hall–Kier alpha value is -2.89. The molecule has 4 rings (SSSR count). The molecule has 6 nitrogen and oxygen atoms in total. The summed E-state index contributed by atoms with van der Waals surface area (Å²) in [6.45, 7) is 1.92. The molecular weight excluding hydrogens is 302 g/mol. The van der Waals surface area contributed by atoms with Gasteiger partial charge >= 0.3 is 0 Å². The van der Waals surface area contributed by atoms with Crippen molar-refractivity contribution < 1.29 is 4.79 Å². The average Bonchev–Trinajstić information content (AvgIpc) is 3.06. The highest BCUT2D eigenvalue weighted by Crippen LogP contribution is 2.31. The van der Waals surface area contributed by atoms with Crippen LogP contribution in [-0.2, 0) is 0 Å². The lowest BCUT2D eigenvalue weighted by atomic mass is 10.0. The van der Waals surface area contributed by atoms with Crippen LogP contribution in [0, 0.1) is 0 Å². The minimum absolute atomic E-state index is 0.298. The lowest BCUT2D eigenvalue weighted by molar-refractivity contribution is 0.0995. The Labute approximate surface area is 139 Å². The summed E-state index contributed by atoms with van der Waals surface area (Å²) >= 11 is 0. The number of rotatable bonds is 3. The average molecular weight is 321 g/mol. The number of pyridine rings is 2. The van der Waals surface area contributed by atoms with Crippen LogP contribution in [0.4, 0.5) is 5.82 Å². The highest BCUT2D eigenvalue weighted by Gasteiger charge is 2.17. The van der Waals surface area contributed by atoms with Gasteiger partial charge in [-0.15, -0.1) is 0 Å². The van der Waals surface area contributed by atoms with Crippen LogP contribution in [0.15, 0.2) is 36.7 Å². The number of carbonyl (C=O) groups is 1. The number of nitrogens with zero attached hydrogens (tertiary/aromatic N) is 3. The van der Waals surface area contributed by atoms with E-state index in [1.54, 1.807) is 12.3 Å². The van der Waals surface area contributed by atoms with Crippen molar-refractivity contribution in [2.45, 2.75) is 19.3 Å². The molecule has 0 spiro atoms. The van der Waals surface area contributed by atoms with Crippen molar-refractivity contribution >= 4 is 22.8 Å². The molecule has 1 fully saturated rings. The number of nitrogens with two attached hydrogens (primary N) is 1. The first-order valence-corrected chi connectivity index (χ1v) is 8.22. The van der Waals surface area contributed by atoms with Crippen molar-refractivity contribution in [2.24, 2.45) is 5.73 Å². The van der Waals surface area contributed by atoms with Crippen molar-refractivity contribution in [2.75, 3.05) is 18.0 Å². The number of anilines is 1.